The average Bonchev–Trinajstić information content (AvgIpc) is 1.89. The maximum atomic E-state index is 9.06. The Kier molecular flexibility index (Phi) is 2.01. The fraction of sp³-hybridized carbons (Fsp3) is 0.143. The second-order valence-corrected chi connectivity index (χ2v) is 2.45. The van der Waals surface area contributed by atoms with Gasteiger partial charge in [-0.2, -0.15) is 0 Å². The van der Waals surface area contributed by atoms with Crippen LogP contribution in [0.1, 0.15) is 0 Å². The number of hydrogen-bond acceptors (Lipinski definition) is 2. The smallest absolute Gasteiger partial charge is 0.129 e. The van der Waals surface area contributed by atoms with Crippen molar-refractivity contribution in [2.75, 3.05) is 6.26 Å². The summed E-state index contributed by atoms with van der Waals surface area (Å²) in [5.74, 6) is 0.310. The third-order valence-corrected chi connectivity index (χ3v) is 1.81. The van der Waals surface area contributed by atoms with Crippen LogP contribution in [0.2, 0.25) is 0 Å². The number of aromatic hydroxyl groups is 1. The number of hydrogen-bond donors (Lipinski definition) is 1. The summed E-state index contributed by atoms with van der Waals surface area (Å²) in [5.41, 5.74) is 0. The molecule has 0 atom stereocenters. The van der Waals surface area contributed by atoms with Gasteiger partial charge in [0, 0.05) is 4.90 Å². The first-order valence-electron chi connectivity index (χ1n) is 2.57. The van der Waals surface area contributed by atoms with Gasteiger partial charge in [-0.05, 0) is 24.5 Å². The number of phenols is 1. The van der Waals surface area contributed by atoms with Gasteiger partial charge < -0.3 is 5.11 Å². The fourth-order valence-electron chi connectivity index (χ4n) is 0.580. The van der Waals surface area contributed by atoms with Crippen molar-refractivity contribution in [2.45, 2.75) is 4.90 Å². The standard InChI is InChI=1S/C7H7OS/c1-9-7-5-3-2-4-6(7)8/h3-5,8H,1H3. The third-order valence-electron chi connectivity index (χ3n) is 1.02. The molecule has 0 saturated carbocycles. The molecule has 1 aromatic carbocycles. The molecule has 9 heavy (non-hydrogen) atoms. The van der Waals surface area contributed by atoms with Crippen molar-refractivity contribution in [3.05, 3.63) is 24.3 Å². The summed E-state index contributed by atoms with van der Waals surface area (Å²) in [4.78, 5) is 0.897. The van der Waals surface area contributed by atoms with Crippen LogP contribution in [-0.4, -0.2) is 11.4 Å². The number of benzene rings is 1. The van der Waals surface area contributed by atoms with Gasteiger partial charge >= 0.3 is 0 Å². The third kappa shape index (κ3) is 1.39. The Morgan fingerprint density at radius 2 is 2.44 bits per heavy atom. The molecule has 0 saturated heterocycles. The van der Waals surface area contributed by atoms with Crippen LogP contribution in [0.5, 0.6) is 5.75 Å². The quantitative estimate of drug-likeness (QED) is 0.600. The maximum absolute atomic E-state index is 9.06. The molecule has 1 aromatic rings. The largest absolute Gasteiger partial charge is 0.507 e. The van der Waals surface area contributed by atoms with Crippen LogP contribution in [0.3, 0.4) is 0 Å². The topological polar surface area (TPSA) is 20.2 Å². The molecule has 0 heterocycles. The van der Waals surface area contributed by atoms with Crippen LogP contribution in [0.15, 0.2) is 23.1 Å². The van der Waals surface area contributed by atoms with Crippen LogP contribution < -0.4 is 0 Å². The van der Waals surface area contributed by atoms with E-state index in [4.69, 9.17) is 5.11 Å². The van der Waals surface area contributed by atoms with Crippen LogP contribution in [0.4, 0.5) is 0 Å². The minimum atomic E-state index is 0.310. The van der Waals surface area contributed by atoms with Crippen LogP contribution in [0, 0.1) is 6.07 Å². The Morgan fingerprint density at radius 1 is 1.67 bits per heavy atom. The lowest BCUT2D eigenvalue weighted by Gasteiger charge is -1.96. The summed E-state index contributed by atoms with van der Waals surface area (Å²) in [6.45, 7) is 0. The van der Waals surface area contributed by atoms with Crippen LogP contribution >= 0.6 is 11.8 Å². The van der Waals surface area contributed by atoms with Gasteiger partial charge in [0.25, 0.3) is 0 Å². The van der Waals surface area contributed by atoms with Gasteiger partial charge in [0.15, 0.2) is 0 Å². The van der Waals surface area contributed by atoms with Gasteiger partial charge in [0.05, 0.1) is 0 Å². The van der Waals surface area contributed by atoms with Crippen molar-refractivity contribution in [2.24, 2.45) is 0 Å². The molecule has 0 aliphatic rings. The molecular formula is C7H7OS. The summed E-state index contributed by atoms with van der Waals surface area (Å²) in [6, 6.07) is 7.95. The van der Waals surface area contributed by atoms with E-state index in [1.54, 1.807) is 12.1 Å². The van der Waals surface area contributed by atoms with E-state index in [9.17, 15) is 0 Å². The van der Waals surface area contributed by atoms with Crippen molar-refractivity contribution in [3.8, 4) is 5.75 Å². The van der Waals surface area contributed by atoms with Crippen molar-refractivity contribution in [1.29, 1.82) is 0 Å². The van der Waals surface area contributed by atoms with Crippen LogP contribution in [-0.2, 0) is 0 Å². The summed E-state index contributed by atoms with van der Waals surface area (Å²) >= 11 is 1.53. The highest BCUT2D eigenvalue weighted by Gasteiger charge is 1.93. The minimum absolute atomic E-state index is 0.310. The zero-order valence-electron chi connectivity index (χ0n) is 5.09. The Balaban J connectivity index is 3.01. The van der Waals surface area contributed by atoms with E-state index in [0.717, 1.165) is 4.90 Å². The summed E-state index contributed by atoms with van der Waals surface area (Å²) in [7, 11) is 0. The number of phenolic OH excluding ortho intramolecular Hbond substituents is 1. The second kappa shape index (κ2) is 2.78. The Morgan fingerprint density at radius 3 is 2.89 bits per heavy atom. The first-order valence-corrected chi connectivity index (χ1v) is 3.80. The van der Waals surface area contributed by atoms with E-state index in [0.29, 0.717) is 5.75 Å². The minimum Gasteiger partial charge on any atom is -0.507 e. The van der Waals surface area contributed by atoms with Crippen molar-refractivity contribution < 1.29 is 5.11 Å². The zero-order chi connectivity index (χ0) is 6.69. The van der Waals surface area contributed by atoms with E-state index in [1.807, 2.05) is 12.3 Å². The van der Waals surface area contributed by atoms with E-state index in [2.05, 4.69) is 6.07 Å². The molecule has 47 valence electrons. The predicted molar refractivity (Wildman–Crippen MR) is 38.7 cm³/mol. The van der Waals surface area contributed by atoms with Gasteiger partial charge in [-0.3, -0.25) is 0 Å². The van der Waals surface area contributed by atoms with E-state index < -0.39 is 0 Å². The molecule has 0 aliphatic carbocycles. The van der Waals surface area contributed by atoms with Gasteiger partial charge in [-0.15, -0.1) is 11.8 Å². The highest BCUT2D eigenvalue weighted by atomic mass is 32.2. The lowest BCUT2D eigenvalue weighted by Crippen LogP contribution is -1.69. The first-order chi connectivity index (χ1) is 4.34. The van der Waals surface area contributed by atoms with E-state index >= 15 is 0 Å². The molecule has 1 radical (unpaired) electrons. The molecule has 0 fully saturated rings. The van der Waals surface area contributed by atoms with Gasteiger partial charge in [-0.1, -0.05) is 6.07 Å². The molecule has 0 aliphatic heterocycles. The van der Waals surface area contributed by atoms with Crippen molar-refractivity contribution in [1.82, 2.24) is 0 Å². The SMILES string of the molecule is CSc1cc[c]cc1O. The van der Waals surface area contributed by atoms with E-state index in [1.165, 1.54) is 11.8 Å². The molecule has 1 nitrogen and oxygen atoms in total. The summed E-state index contributed by atoms with van der Waals surface area (Å²) < 4.78 is 0. The van der Waals surface area contributed by atoms with Gasteiger partial charge in [-0.25, -0.2) is 0 Å². The lowest BCUT2D eigenvalue weighted by atomic mass is 10.3. The predicted octanol–water partition coefficient (Wildman–Crippen LogP) is 1.91. The number of rotatable bonds is 1. The Hall–Kier alpha value is -0.630. The molecule has 2 heteroatoms. The fourth-order valence-corrected chi connectivity index (χ4v) is 1.05. The second-order valence-electron chi connectivity index (χ2n) is 1.60. The highest BCUT2D eigenvalue weighted by molar-refractivity contribution is 7.98. The molecule has 0 aromatic heterocycles. The maximum Gasteiger partial charge on any atom is 0.129 e. The monoisotopic (exact) mass is 139 g/mol. The Bertz CT molecular complexity index is 198. The molecule has 1 rings (SSSR count). The summed E-state index contributed by atoms with van der Waals surface area (Å²) in [6.07, 6.45) is 1.93. The molecule has 1 N–H and O–H groups in total. The first kappa shape index (κ1) is 6.49. The molecular weight excluding hydrogens is 132 g/mol. The van der Waals surface area contributed by atoms with E-state index in [-0.39, 0.29) is 0 Å². The zero-order valence-corrected chi connectivity index (χ0v) is 5.90. The highest BCUT2D eigenvalue weighted by Crippen LogP contribution is 2.24. The summed E-state index contributed by atoms with van der Waals surface area (Å²) in [5, 5.41) is 9.06. The molecule has 0 amide bonds. The molecule has 0 unspecified atom stereocenters. The molecule has 0 spiro atoms. The van der Waals surface area contributed by atoms with Crippen molar-refractivity contribution >= 4 is 11.8 Å². The number of thioether (sulfide) groups is 1. The lowest BCUT2D eigenvalue weighted by molar-refractivity contribution is 0.462. The van der Waals surface area contributed by atoms with Gasteiger partial charge in [0.1, 0.15) is 5.75 Å². The molecule has 0 bridgehead atoms. The normalized spacial score (nSPS) is 9.44. The Labute approximate surface area is 58.7 Å². The van der Waals surface area contributed by atoms with Crippen LogP contribution in [0.25, 0.3) is 0 Å². The average molecular weight is 139 g/mol. The van der Waals surface area contributed by atoms with Gasteiger partial charge in [0.2, 0.25) is 0 Å². The van der Waals surface area contributed by atoms with Crippen molar-refractivity contribution in [3.63, 3.8) is 0 Å².